The Balaban J connectivity index is 2.41. The fourth-order valence-corrected chi connectivity index (χ4v) is 4.40. The van der Waals surface area contributed by atoms with Crippen molar-refractivity contribution in [1.29, 1.82) is 0 Å². The zero-order valence-corrected chi connectivity index (χ0v) is 12.5. The molecule has 5 heteroatoms. The monoisotopic (exact) mass is 427 g/mol. The molecule has 3 atom stereocenters. The molecule has 1 fully saturated rings. The van der Waals surface area contributed by atoms with E-state index in [1.165, 1.54) is 0 Å². The summed E-state index contributed by atoms with van der Waals surface area (Å²) in [5.74, 6) is 0.484. The van der Waals surface area contributed by atoms with Gasteiger partial charge in [0.1, 0.15) is 0 Å². The predicted octanol–water partition coefficient (Wildman–Crippen LogP) is 3.23. The molecule has 0 spiro atoms. The summed E-state index contributed by atoms with van der Waals surface area (Å²) in [5, 5.41) is 0. The van der Waals surface area contributed by atoms with Crippen molar-refractivity contribution in [3.8, 4) is 0 Å². The third-order valence-electron chi connectivity index (χ3n) is 2.80. The van der Waals surface area contributed by atoms with Crippen LogP contribution in [-0.2, 0) is 4.74 Å². The number of halogens is 3. The predicted molar refractivity (Wildman–Crippen MR) is 72.6 cm³/mol. The average molecular weight is 427 g/mol. The summed E-state index contributed by atoms with van der Waals surface area (Å²) in [6.07, 6.45) is 3.67. The van der Waals surface area contributed by atoms with Crippen LogP contribution in [0.15, 0.2) is 0 Å². The quantitative estimate of drug-likeness (QED) is 0.423. The van der Waals surface area contributed by atoms with Gasteiger partial charge in [0.15, 0.2) is 3.68 Å². The lowest BCUT2D eigenvalue weighted by atomic mass is 9.83. The third-order valence-corrected chi connectivity index (χ3v) is 4.74. The minimum absolute atomic E-state index is 0.00231. The van der Waals surface area contributed by atoms with Crippen molar-refractivity contribution in [2.24, 2.45) is 5.92 Å². The molecule has 0 saturated heterocycles. The summed E-state index contributed by atoms with van der Waals surface area (Å²) in [6.45, 7) is 0.750. The first-order valence-corrected chi connectivity index (χ1v) is 6.99. The first-order chi connectivity index (χ1) is 6.60. The lowest BCUT2D eigenvalue weighted by molar-refractivity contribution is 0.116. The van der Waals surface area contributed by atoms with Gasteiger partial charge in [0.2, 0.25) is 0 Å². The van der Waals surface area contributed by atoms with E-state index >= 15 is 0 Å². The van der Waals surface area contributed by atoms with Crippen molar-refractivity contribution in [2.45, 2.75) is 35.4 Å². The van der Waals surface area contributed by atoms with Crippen LogP contribution in [0.5, 0.6) is 0 Å². The van der Waals surface area contributed by atoms with Gasteiger partial charge in [-0.1, -0.05) is 0 Å². The molecule has 3 unspecified atom stereocenters. The van der Waals surface area contributed by atoms with Crippen molar-refractivity contribution >= 4 is 45.5 Å². The van der Waals surface area contributed by atoms with Crippen molar-refractivity contribution in [1.82, 2.24) is 3.53 Å². The molecule has 0 radical (unpaired) electrons. The van der Waals surface area contributed by atoms with Crippen molar-refractivity contribution in [2.75, 3.05) is 13.7 Å². The van der Waals surface area contributed by atoms with E-state index in [2.05, 4.69) is 3.53 Å². The Morgan fingerprint density at radius 3 is 2.79 bits per heavy atom. The number of methoxy groups -OCH3 is 1. The number of hydrogen-bond acceptors (Lipinski definition) is 2. The molecule has 0 amide bonds. The minimum atomic E-state index is -1.09. The summed E-state index contributed by atoms with van der Waals surface area (Å²) in [5.41, 5.74) is 0. The molecule has 1 aliphatic carbocycles. The van der Waals surface area contributed by atoms with Crippen LogP contribution in [0.3, 0.4) is 0 Å². The molecule has 2 nitrogen and oxygen atoms in total. The molecule has 1 aliphatic rings. The van der Waals surface area contributed by atoms with Crippen LogP contribution in [0.2, 0.25) is 0 Å². The van der Waals surface area contributed by atoms with Crippen LogP contribution in [-0.4, -0.2) is 23.4 Å². The molecule has 1 saturated carbocycles. The zero-order valence-electron chi connectivity index (χ0n) is 8.23. The number of ether oxygens (including phenoxy) is 1. The molecule has 84 valence electrons. The largest absolute Gasteiger partial charge is 0.385 e. The van der Waals surface area contributed by atoms with Crippen LogP contribution in [0, 0.1) is 5.92 Å². The first-order valence-electron chi connectivity index (χ1n) is 4.83. The Bertz CT molecular complexity index is 180. The molecule has 0 aromatic heterocycles. The maximum absolute atomic E-state index is 14.1. The number of alkyl halides is 2. The van der Waals surface area contributed by atoms with Gasteiger partial charge in [-0.25, -0.2) is 4.39 Å². The van der Waals surface area contributed by atoms with Gasteiger partial charge in [0.25, 0.3) is 0 Å². The fourth-order valence-electron chi connectivity index (χ4n) is 1.91. The highest BCUT2D eigenvalue weighted by molar-refractivity contribution is 14.1. The first kappa shape index (κ1) is 13.4. The van der Waals surface area contributed by atoms with Crippen molar-refractivity contribution in [3.63, 3.8) is 0 Å². The Morgan fingerprint density at radius 2 is 2.29 bits per heavy atom. The van der Waals surface area contributed by atoms with Crippen LogP contribution in [0.4, 0.5) is 4.39 Å². The molecular formula is C9H16FI2NO. The van der Waals surface area contributed by atoms with Gasteiger partial charge in [0, 0.05) is 36.6 Å². The Morgan fingerprint density at radius 1 is 1.57 bits per heavy atom. The average Bonchev–Trinajstić information content (AvgIpc) is 2.13. The van der Waals surface area contributed by atoms with E-state index in [1.807, 2.05) is 45.5 Å². The van der Waals surface area contributed by atoms with Gasteiger partial charge in [-0.15, -0.1) is 0 Å². The van der Waals surface area contributed by atoms with Gasteiger partial charge in [0.05, 0.1) is 6.04 Å². The van der Waals surface area contributed by atoms with E-state index in [4.69, 9.17) is 4.74 Å². The van der Waals surface area contributed by atoms with Crippen LogP contribution in [0.25, 0.3) is 0 Å². The summed E-state index contributed by atoms with van der Waals surface area (Å²) >= 11 is 3.99. The molecule has 14 heavy (non-hydrogen) atoms. The molecule has 0 aliphatic heterocycles. The standard InChI is InChI=1S/C9H16FI2NO/c1-14-5-4-7-2-3-8(13-12)9(10,11)6-7/h7-8,13H,2-6H2,1H3. The van der Waals surface area contributed by atoms with E-state index in [-0.39, 0.29) is 6.04 Å². The second-order valence-electron chi connectivity index (χ2n) is 3.85. The summed E-state index contributed by atoms with van der Waals surface area (Å²) in [4.78, 5) is 0. The van der Waals surface area contributed by atoms with E-state index < -0.39 is 3.68 Å². The van der Waals surface area contributed by atoms with Gasteiger partial charge in [-0.05, 0) is 54.2 Å². The van der Waals surface area contributed by atoms with Gasteiger partial charge in [-0.3, -0.25) is 3.53 Å². The summed E-state index contributed by atoms with van der Waals surface area (Å²) < 4.78 is 21.1. The normalized spacial score (nSPS) is 38.6. The highest BCUT2D eigenvalue weighted by Crippen LogP contribution is 2.42. The second kappa shape index (κ2) is 6.15. The Kier molecular flexibility index (Phi) is 5.87. The number of hydrogen-bond donors (Lipinski definition) is 1. The summed E-state index contributed by atoms with van der Waals surface area (Å²) in [7, 11) is 1.70. The smallest absolute Gasteiger partial charge is 0.177 e. The maximum atomic E-state index is 14.1. The highest BCUT2D eigenvalue weighted by atomic mass is 127. The van der Waals surface area contributed by atoms with Crippen molar-refractivity contribution < 1.29 is 9.13 Å². The van der Waals surface area contributed by atoms with E-state index in [1.54, 1.807) is 7.11 Å². The second-order valence-corrected chi connectivity index (χ2v) is 6.27. The lowest BCUT2D eigenvalue weighted by Gasteiger charge is -2.36. The third kappa shape index (κ3) is 3.71. The molecule has 0 bridgehead atoms. The van der Waals surface area contributed by atoms with Gasteiger partial charge in [-0.2, -0.15) is 0 Å². The Labute approximate surface area is 112 Å². The van der Waals surface area contributed by atoms with E-state index in [9.17, 15) is 4.39 Å². The van der Waals surface area contributed by atoms with Crippen LogP contribution in [0.1, 0.15) is 25.7 Å². The maximum Gasteiger partial charge on any atom is 0.177 e. The molecule has 0 heterocycles. The molecule has 0 aromatic rings. The number of nitrogens with one attached hydrogen (secondary N) is 1. The molecule has 1 rings (SSSR count). The molecule has 0 aromatic carbocycles. The summed E-state index contributed by atoms with van der Waals surface area (Å²) in [6, 6.07) is 0.00231. The molecular weight excluding hydrogens is 411 g/mol. The van der Waals surface area contributed by atoms with Crippen molar-refractivity contribution in [3.05, 3.63) is 0 Å². The van der Waals surface area contributed by atoms with Crippen LogP contribution >= 0.6 is 45.5 Å². The zero-order chi connectivity index (χ0) is 10.6. The fraction of sp³-hybridized carbons (Fsp3) is 1.00. The van der Waals surface area contributed by atoms with Gasteiger partial charge < -0.3 is 4.74 Å². The topological polar surface area (TPSA) is 21.3 Å². The van der Waals surface area contributed by atoms with Gasteiger partial charge >= 0.3 is 0 Å². The SMILES string of the molecule is COCCC1CCC(NI)C(F)(I)C1. The Hall–Kier alpha value is 1.31. The molecule has 1 N–H and O–H groups in total. The number of rotatable bonds is 4. The highest BCUT2D eigenvalue weighted by Gasteiger charge is 2.41. The lowest BCUT2D eigenvalue weighted by Crippen LogP contribution is -2.44. The van der Waals surface area contributed by atoms with Crippen LogP contribution < -0.4 is 3.53 Å². The van der Waals surface area contributed by atoms with E-state index in [0.717, 1.165) is 25.9 Å². The minimum Gasteiger partial charge on any atom is -0.385 e. The van der Waals surface area contributed by atoms with E-state index in [0.29, 0.717) is 12.3 Å².